The lowest BCUT2D eigenvalue weighted by atomic mass is 10.2. The van der Waals surface area contributed by atoms with Crippen LogP contribution in [0.25, 0.3) is 0 Å². The standard InChI is InChI=1S/C14H21FN2O2S/c1-10(2)17(9-11-6-7-11)20(18,19)14-5-3-4-13(15)12(14)8-16/h3-5,10-11H,6-9,16H2,1-2H3. The van der Waals surface area contributed by atoms with E-state index >= 15 is 0 Å². The van der Waals surface area contributed by atoms with Crippen LogP contribution in [-0.4, -0.2) is 25.3 Å². The molecule has 2 rings (SSSR count). The van der Waals surface area contributed by atoms with Crippen LogP contribution in [0.15, 0.2) is 23.1 Å². The summed E-state index contributed by atoms with van der Waals surface area (Å²) in [5.74, 6) is -0.134. The molecule has 0 bridgehead atoms. The van der Waals surface area contributed by atoms with Gasteiger partial charge in [0.25, 0.3) is 0 Å². The molecule has 1 aromatic carbocycles. The number of nitrogens with two attached hydrogens (primary N) is 1. The molecule has 0 saturated heterocycles. The molecule has 0 unspecified atom stereocenters. The zero-order valence-corrected chi connectivity index (χ0v) is 12.7. The molecule has 1 saturated carbocycles. The van der Waals surface area contributed by atoms with Crippen molar-refractivity contribution in [2.45, 2.75) is 44.2 Å². The summed E-state index contributed by atoms with van der Waals surface area (Å²) in [4.78, 5) is -0.00523. The van der Waals surface area contributed by atoms with Crippen molar-refractivity contribution in [2.24, 2.45) is 11.7 Å². The molecule has 6 heteroatoms. The molecule has 4 nitrogen and oxygen atoms in total. The minimum Gasteiger partial charge on any atom is -0.326 e. The van der Waals surface area contributed by atoms with Gasteiger partial charge in [-0.1, -0.05) is 6.07 Å². The van der Waals surface area contributed by atoms with Crippen LogP contribution < -0.4 is 5.73 Å². The Labute approximate surface area is 119 Å². The van der Waals surface area contributed by atoms with Crippen LogP contribution in [0, 0.1) is 11.7 Å². The van der Waals surface area contributed by atoms with E-state index in [-0.39, 0.29) is 23.0 Å². The zero-order valence-electron chi connectivity index (χ0n) is 11.8. The highest BCUT2D eigenvalue weighted by molar-refractivity contribution is 7.89. The molecule has 0 radical (unpaired) electrons. The molecule has 0 atom stereocenters. The quantitative estimate of drug-likeness (QED) is 0.875. The largest absolute Gasteiger partial charge is 0.326 e. The predicted octanol–water partition coefficient (Wildman–Crippen LogP) is 2.09. The lowest BCUT2D eigenvalue weighted by Gasteiger charge is -2.27. The van der Waals surface area contributed by atoms with Crippen molar-refractivity contribution in [1.29, 1.82) is 0 Å². The summed E-state index contributed by atoms with van der Waals surface area (Å²) in [7, 11) is -3.71. The van der Waals surface area contributed by atoms with Gasteiger partial charge in [0.1, 0.15) is 5.82 Å². The van der Waals surface area contributed by atoms with Gasteiger partial charge in [0.2, 0.25) is 10.0 Å². The third-order valence-electron chi connectivity index (χ3n) is 3.58. The first-order valence-corrected chi connectivity index (χ1v) is 8.31. The molecule has 0 amide bonds. The van der Waals surface area contributed by atoms with E-state index in [4.69, 9.17) is 5.73 Å². The SMILES string of the molecule is CC(C)N(CC1CC1)S(=O)(=O)c1cccc(F)c1CN. The van der Waals surface area contributed by atoms with Crippen LogP contribution in [0.5, 0.6) is 0 Å². The fourth-order valence-electron chi connectivity index (χ4n) is 2.25. The van der Waals surface area contributed by atoms with Crippen molar-refractivity contribution in [3.05, 3.63) is 29.6 Å². The molecule has 1 aromatic rings. The van der Waals surface area contributed by atoms with Crippen molar-refractivity contribution in [3.63, 3.8) is 0 Å². The highest BCUT2D eigenvalue weighted by Crippen LogP contribution is 2.33. The zero-order chi connectivity index (χ0) is 14.9. The summed E-state index contributed by atoms with van der Waals surface area (Å²) < 4.78 is 40.8. The van der Waals surface area contributed by atoms with E-state index in [0.717, 1.165) is 12.8 Å². The van der Waals surface area contributed by atoms with Gasteiger partial charge in [-0.25, -0.2) is 12.8 Å². The van der Waals surface area contributed by atoms with Crippen molar-refractivity contribution < 1.29 is 12.8 Å². The first kappa shape index (κ1) is 15.4. The van der Waals surface area contributed by atoms with Crippen molar-refractivity contribution in [1.82, 2.24) is 4.31 Å². The third-order valence-corrected chi connectivity index (χ3v) is 5.70. The smallest absolute Gasteiger partial charge is 0.243 e. The number of benzene rings is 1. The van der Waals surface area contributed by atoms with Crippen LogP contribution in [0.1, 0.15) is 32.3 Å². The number of rotatable bonds is 6. The van der Waals surface area contributed by atoms with Gasteiger partial charge in [0.05, 0.1) is 4.90 Å². The monoisotopic (exact) mass is 300 g/mol. The summed E-state index contributed by atoms with van der Waals surface area (Å²) in [6, 6.07) is 3.93. The first-order chi connectivity index (χ1) is 9.37. The van der Waals surface area contributed by atoms with Crippen LogP contribution >= 0.6 is 0 Å². The Morgan fingerprint density at radius 3 is 2.55 bits per heavy atom. The molecule has 0 spiro atoms. The summed E-state index contributed by atoms with van der Waals surface area (Å²) in [5.41, 5.74) is 5.58. The maximum absolute atomic E-state index is 13.8. The average molecular weight is 300 g/mol. The van der Waals surface area contributed by atoms with E-state index in [9.17, 15) is 12.8 Å². The Morgan fingerprint density at radius 1 is 1.40 bits per heavy atom. The van der Waals surface area contributed by atoms with Crippen LogP contribution in [0.4, 0.5) is 4.39 Å². The van der Waals surface area contributed by atoms with Gasteiger partial charge in [-0.15, -0.1) is 0 Å². The number of sulfonamides is 1. The van der Waals surface area contributed by atoms with Gasteiger partial charge in [-0.3, -0.25) is 0 Å². The van der Waals surface area contributed by atoms with Gasteiger partial charge in [-0.2, -0.15) is 4.31 Å². The molecule has 1 aliphatic carbocycles. The molecular formula is C14H21FN2O2S. The lowest BCUT2D eigenvalue weighted by Crippen LogP contribution is -2.39. The second kappa shape index (κ2) is 5.79. The molecule has 0 heterocycles. The molecule has 1 fully saturated rings. The fourth-order valence-corrected chi connectivity index (χ4v) is 4.20. The summed E-state index contributed by atoms with van der Waals surface area (Å²) >= 11 is 0. The highest BCUT2D eigenvalue weighted by atomic mass is 32.2. The van der Waals surface area contributed by atoms with Gasteiger partial charge in [-0.05, 0) is 44.7 Å². The Bertz CT molecular complexity index is 583. The lowest BCUT2D eigenvalue weighted by molar-refractivity contribution is 0.341. The van der Waals surface area contributed by atoms with E-state index < -0.39 is 15.8 Å². The molecule has 0 aliphatic heterocycles. The van der Waals surface area contributed by atoms with Gasteiger partial charge >= 0.3 is 0 Å². The Morgan fingerprint density at radius 2 is 2.05 bits per heavy atom. The van der Waals surface area contributed by atoms with E-state index in [1.807, 2.05) is 13.8 Å². The van der Waals surface area contributed by atoms with Gasteiger partial charge in [0.15, 0.2) is 0 Å². The van der Waals surface area contributed by atoms with E-state index in [0.29, 0.717) is 12.5 Å². The van der Waals surface area contributed by atoms with Gasteiger partial charge < -0.3 is 5.73 Å². The summed E-state index contributed by atoms with van der Waals surface area (Å²) in [6.45, 7) is 4.04. The van der Waals surface area contributed by atoms with Crippen LogP contribution in [0.3, 0.4) is 0 Å². The number of halogens is 1. The Balaban J connectivity index is 2.44. The van der Waals surface area contributed by atoms with Crippen LogP contribution in [0.2, 0.25) is 0 Å². The summed E-state index contributed by atoms with van der Waals surface area (Å²) in [6.07, 6.45) is 2.12. The number of hydrogen-bond acceptors (Lipinski definition) is 3. The van der Waals surface area contributed by atoms with Gasteiger partial charge in [0, 0.05) is 24.7 Å². The topological polar surface area (TPSA) is 63.4 Å². The third kappa shape index (κ3) is 3.02. The highest BCUT2D eigenvalue weighted by Gasteiger charge is 2.34. The maximum atomic E-state index is 13.8. The Hall–Kier alpha value is -0.980. The molecule has 0 aromatic heterocycles. The number of nitrogens with zero attached hydrogens (tertiary/aromatic N) is 1. The molecule has 112 valence electrons. The second-order valence-corrected chi connectivity index (χ2v) is 7.39. The fraction of sp³-hybridized carbons (Fsp3) is 0.571. The maximum Gasteiger partial charge on any atom is 0.243 e. The predicted molar refractivity (Wildman–Crippen MR) is 76.0 cm³/mol. The second-order valence-electron chi connectivity index (χ2n) is 5.53. The molecular weight excluding hydrogens is 279 g/mol. The van der Waals surface area contributed by atoms with E-state index in [1.165, 1.54) is 22.5 Å². The summed E-state index contributed by atoms with van der Waals surface area (Å²) in [5, 5.41) is 0. The van der Waals surface area contributed by atoms with Crippen molar-refractivity contribution >= 4 is 10.0 Å². The Kier molecular flexibility index (Phi) is 4.46. The van der Waals surface area contributed by atoms with E-state index in [1.54, 1.807) is 0 Å². The molecule has 2 N–H and O–H groups in total. The molecule has 1 aliphatic rings. The number of hydrogen-bond donors (Lipinski definition) is 1. The van der Waals surface area contributed by atoms with E-state index in [2.05, 4.69) is 0 Å². The van der Waals surface area contributed by atoms with Crippen molar-refractivity contribution in [3.8, 4) is 0 Å². The minimum atomic E-state index is -3.71. The van der Waals surface area contributed by atoms with Crippen molar-refractivity contribution in [2.75, 3.05) is 6.54 Å². The normalized spacial score (nSPS) is 16.1. The first-order valence-electron chi connectivity index (χ1n) is 6.87. The average Bonchev–Trinajstić information content (AvgIpc) is 3.19. The molecule has 20 heavy (non-hydrogen) atoms. The minimum absolute atomic E-state index is 0.00523. The van der Waals surface area contributed by atoms with Crippen LogP contribution in [-0.2, 0) is 16.6 Å².